The average molecular weight is 226 g/mol. The third-order valence-corrected chi connectivity index (χ3v) is 3.37. The van der Waals surface area contributed by atoms with Crippen LogP contribution in [0.3, 0.4) is 0 Å². The fraction of sp³-hybridized carbons (Fsp3) is 0.600. The van der Waals surface area contributed by atoms with E-state index in [1.165, 1.54) is 12.8 Å². The highest BCUT2D eigenvalue weighted by Crippen LogP contribution is 2.33. The van der Waals surface area contributed by atoms with Crippen molar-refractivity contribution in [3.8, 4) is 0 Å². The van der Waals surface area contributed by atoms with Crippen molar-refractivity contribution in [2.24, 2.45) is 0 Å². The maximum atomic E-state index is 10.5. The lowest BCUT2D eigenvalue weighted by molar-refractivity contribution is -0.136. The molecular weight excluding hydrogens is 212 g/mol. The maximum absolute atomic E-state index is 10.5. The minimum Gasteiger partial charge on any atom is -0.481 e. The fourth-order valence-corrected chi connectivity index (χ4v) is 2.56. The van der Waals surface area contributed by atoms with Gasteiger partial charge < -0.3 is 10.0 Å². The second kappa shape index (κ2) is 4.18. The van der Waals surface area contributed by atoms with Crippen LogP contribution in [0.15, 0.2) is 5.38 Å². The topological polar surface area (TPSA) is 53.4 Å². The number of aliphatic carboxylic acids is 1. The number of carboxylic acids is 1. The molecule has 0 atom stereocenters. The van der Waals surface area contributed by atoms with E-state index in [0.29, 0.717) is 11.7 Å². The van der Waals surface area contributed by atoms with E-state index in [1.807, 2.05) is 5.38 Å². The Labute approximate surface area is 92.6 Å². The minimum absolute atomic E-state index is 0.0265. The molecule has 1 fully saturated rings. The molecule has 0 radical (unpaired) electrons. The van der Waals surface area contributed by atoms with E-state index in [1.54, 1.807) is 11.3 Å². The Morgan fingerprint density at radius 1 is 1.73 bits per heavy atom. The van der Waals surface area contributed by atoms with Crippen LogP contribution in [-0.2, 0) is 11.2 Å². The van der Waals surface area contributed by atoms with Crippen molar-refractivity contribution in [2.45, 2.75) is 32.2 Å². The van der Waals surface area contributed by atoms with E-state index in [4.69, 9.17) is 5.11 Å². The summed E-state index contributed by atoms with van der Waals surface area (Å²) in [7, 11) is 0. The number of carboxylic acid groups (broad SMARTS) is 1. The van der Waals surface area contributed by atoms with Crippen molar-refractivity contribution in [1.29, 1.82) is 0 Å². The highest BCUT2D eigenvalue weighted by molar-refractivity contribution is 7.13. The van der Waals surface area contributed by atoms with Crippen molar-refractivity contribution < 1.29 is 9.90 Å². The van der Waals surface area contributed by atoms with Gasteiger partial charge in [-0.15, -0.1) is 11.3 Å². The van der Waals surface area contributed by atoms with Gasteiger partial charge in [-0.3, -0.25) is 4.79 Å². The number of hydrogen-bond acceptors (Lipinski definition) is 4. The molecule has 15 heavy (non-hydrogen) atoms. The summed E-state index contributed by atoms with van der Waals surface area (Å²) in [4.78, 5) is 17.1. The Hall–Kier alpha value is -1.10. The van der Waals surface area contributed by atoms with E-state index in [0.717, 1.165) is 11.7 Å². The fourth-order valence-electron chi connectivity index (χ4n) is 1.60. The Morgan fingerprint density at radius 2 is 2.47 bits per heavy atom. The van der Waals surface area contributed by atoms with Gasteiger partial charge in [0, 0.05) is 18.0 Å². The average Bonchev–Trinajstić information content (AvgIpc) is 2.89. The number of hydrogen-bond donors (Lipinski definition) is 1. The predicted octanol–water partition coefficient (Wildman–Crippen LogP) is 1.76. The van der Waals surface area contributed by atoms with Crippen LogP contribution in [0.1, 0.15) is 25.5 Å². The van der Waals surface area contributed by atoms with Crippen LogP contribution in [-0.4, -0.2) is 28.6 Å². The second-order valence-corrected chi connectivity index (χ2v) is 4.55. The van der Waals surface area contributed by atoms with Gasteiger partial charge in [0.1, 0.15) is 0 Å². The highest BCUT2D eigenvalue weighted by atomic mass is 32.1. The van der Waals surface area contributed by atoms with Gasteiger partial charge in [0.15, 0.2) is 5.13 Å². The quantitative estimate of drug-likeness (QED) is 0.831. The predicted molar refractivity (Wildman–Crippen MR) is 59.5 cm³/mol. The zero-order chi connectivity index (χ0) is 10.8. The summed E-state index contributed by atoms with van der Waals surface area (Å²) in [5.41, 5.74) is 0.668. The highest BCUT2D eigenvalue weighted by Gasteiger charge is 2.29. The monoisotopic (exact) mass is 226 g/mol. The molecule has 4 nitrogen and oxygen atoms in total. The van der Waals surface area contributed by atoms with Gasteiger partial charge in [0.2, 0.25) is 0 Å². The summed E-state index contributed by atoms with van der Waals surface area (Å²) >= 11 is 1.54. The standard InChI is InChI=1S/C10H14N2O2S/c1-2-12(8-3-4-8)10-11-7(6-15-10)5-9(13)14/h6,8H,2-5H2,1H3,(H,13,14). The summed E-state index contributed by atoms with van der Waals surface area (Å²) in [6.45, 7) is 3.06. The number of anilines is 1. The third kappa shape index (κ3) is 2.47. The van der Waals surface area contributed by atoms with Gasteiger partial charge in [-0.2, -0.15) is 0 Å². The molecule has 0 bridgehead atoms. The van der Waals surface area contributed by atoms with Crippen molar-refractivity contribution in [3.63, 3.8) is 0 Å². The first-order valence-electron chi connectivity index (χ1n) is 5.13. The minimum atomic E-state index is -0.818. The van der Waals surface area contributed by atoms with Crippen LogP contribution in [0.2, 0.25) is 0 Å². The number of carbonyl (C=O) groups is 1. The number of rotatable bonds is 5. The van der Waals surface area contributed by atoms with Crippen molar-refractivity contribution in [2.75, 3.05) is 11.4 Å². The molecule has 1 aliphatic carbocycles. The molecule has 0 saturated heterocycles. The van der Waals surface area contributed by atoms with Crippen LogP contribution in [0.5, 0.6) is 0 Å². The van der Waals surface area contributed by atoms with Gasteiger partial charge in [-0.25, -0.2) is 4.98 Å². The van der Waals surface area contributed by atoms with Gasteiger partial charge >= 0.3 is 5.97 Å². The molecule has 0 amide bonds. The van der Waals surface area contributed by atoms with E-state index in [2.05, 4.69) is 16.8 Å². The third-order valence-electron chi connectivity index (χ3n) is 2.45. The molecule has 82 valence electrons. The summed E-state index contributed by atoms with van der Waals surface area (Å²) in [5, 5.41) is 11.5. The maximum Gasteiger partial charge on any atom is 0.309 e. The lowest BCUT2D eigenvalue weighted by Gasteiger charge is -2.18. The molecule has 0 spiro atoms. The van der Waals surface area contributed by atoms with E-state index in [9.17, 15) is 4.79 Å². The van der Waals surface area contributed by atoms with E-state index in [-0.39, 0.29) is 6.42 Å². The molecular formula is C10H14N2O2S. The lowest BCUT2D eigenvalue weighted by Crippen LogP contribution is -2.24. The molecule has 5 heteroatoms. The van der Waals surface area contributed by atoms with Crippen LogP contribution in [0.25, 0.3) is 0 Å². The van der Waals surface area contributed by atoms with Gasteiger partial charge in [-0.05, 0) is 19.8 Å². The van der Waals surface area contributed by atoms with Crippen molar-refractivity contribution >= 4 is 22.4 Å². The van der Waals surface area contributed by atoms with E-state index < -0.39 is 5.97 Å². The summed E-state index contributed by atoms with van der Waals surface area (Å²) in [6.07, 6.45) is 2.50. The number of thiazole rings is 1. The molecule has 1 N–H and O–H groups in total. The molecule has 1 aromatic rings. The largest absolute Gasteiger partial charge is 0.481 e. The van der Waals surface area contributed by atoms with Crippen LogP contribution in [0, 0.1) is 0 Å². The van der Waals surface area contributed by atoms with Gasteiger partial charge in [0.05, 0.1) is 12.1 Å². The Kier molecular flexibility index (Phi) is 2.90. The Morgan fingerprint density at radius 3 is 3.00 bits per heavy atom. The van der Waals surface area contributed by atoms with Crippen LogP contribution in [0.4, 0.5) is 5.13 Å². The molecule has 0 aromatic carbocycles. The first-order valence-corrected chi connectivity index (χ1v) is 6.01. The van der Waals surface area contributed by atoms with Crippen molar-refractivity contribution in [3.05, 3.63) is 11.1 Å². The summed E-state index contributed by atoms with van der Waals surface area (Å²) in [5.74, 6) is -0.818. The van der Waals surface area contributed by atoms with Gasteiger partial charge in [0.25, 0.3) is 0 Å². The molecule has 0 aliphatic heterocycles. The molecule has 1 aliphatic rings. The molecule has 1 heterocycles. The summed E-state index contributed by atoms with van der Waals surface area (Å²) < 4.78 is 0. The molecule has 0 unspecified atom stereocenters. The molecule has 2 rings (SSSR count). The first kappa shape index (κ1) is 10.4. The number of aromatic nitrogens is 1. The van der Waals surface area contributed by atoms with E-state index >= 15 is 0 Å². The zero-order valence-corrected chi connectivity index (χ0v) is 9.46. The lowest BCUT2D eigenvalue weighted by atomic mass is 10.3. The second-order valence-electron chi connectivity index (χ2n) is 3.71. The van der Waals surface area contributed by atoms with Crippen LogP contribution < -0.4 is 4.90 Å². The van der Waals surface area contributed by atoms with Crippen molar-refractivity contribution in [1.82, 2.24) is 4.98 Å². The normalized spacial score (nSPS) is 15.3. The summed E-state index contributed by atoms with van der Waals surface area (Å²) in [6, 6.07) is 0.638. The molecule has 1 saturated carbocycles. The number of nitrogens with zero attached hydrogens (tertiary/aromatic N) is 2. The van der Waals surface area contributed by atoms with Gasteiger partial charge in [-0.1, -0.05) is 0 Å². The smallest absolute Gasteiger partial charge is 0.309 e. The SMILES string of the molecule is CCN(c1nc(CC(=O)O)cs1)C1CC1. The first-order chi connectivity index (χ1) is 7.20. The Bertz CT molecular complexity index is 360. The molecule has 1 aromatic heterocycles. The Balaban J connectivity index is 2.07. The van der Waals surface area contributed by atoms with Crippen LogP contribution >= 0.6 is 11.3 Å². The zero-order valence-electron chi connectivity index (χ0n) is 8.64.